The van der Waals surface area contributed by atoms with Crippen molar-refractivity contribution in [2.24, 2.45) is 0 Å². The monoisotopic (exact) mass is 537 g/mol. The molecule has 0 amide bonds. The Kier molecular flexibility index (Phi) is 9.58. The fourth-order valence-corrected chi connectivity index (χ4v) is 4.72. The number of hydrogen-bond donors (Lipinski definition) is 6. The molecular formula is C27H39N9O3. The molecule has 1 aromatic carbocycles. The van der Waals surface area contributed by atoms with Crippen LogP contribution in [0, 0.1) is 20.8 Å². The molecule has 0 aliphatic rings. The van der Waals surface area contributed by atoms with Crippen molar-refractivity contribution in [1.82, 2.24) is 46.5 Å². The highest BCUT2D eigenvalue weighted by Crippen LogP contribution is 2.44. The Balaban J connectivity index is 1.63. The molecule has 39 heavy (non-hydrogen) atoms. The lowest BCUT2D eigenvalue weighted by atomic mass is 9.99. The van der Waals surface area contributed by atoms with E-state index in [2.05, 4.69) is 46.5 Å². The minimum absolute atomic E-state index is 0.513. The first-order valence-electron chi connectivity index (χ1n) is 12.9. The van der Waals surface area contributed by atoms with E-state index in [4.69, 9.17) is 14.2 Å². The quantitative estimate of drug-likeness (QED) is 0.135. The van der Waals surface area contributed by atoms with Crippen LogP contribution >= 0.6 is 0 Å². The molecule has 0 aliphatic heterocycles. The first-order valence-corrected chi connectivity index (χ1v) is 12.9. The molecule has 0 atom stereocenters. The summed E-state index contributed by atoms with van der Waals surface area (Å²) in [6.07, 6.45) is 0. The van der Waals surface area contributed by atoms with Crippen LogP contribution in [0.5, 0.6) is 17.2 Å². The minimum Gasteiger partial charge on any atom is -0.496 e. The lowest BCUT2D eigenvalue weighted by Crippen LogP contribution is -2.21. The highest BCUT2D eigenvalue weighted by Gasteiger charge is 2.26. The number of methoxy groups -OCH3 is 3. The third kappa shape index (κ3) is 6.96. The van der Waals surface area contributed by atoms with Gasteiger partial charge in [0.25, 0.3) is 0 Å². The van der Waals surface area contributed by atoms with Gasteiger partial charge in [0.2, 0.25) is 0 Å². The Morgan fingerprint density at radius 3 is 1.00 bits per heavy atom. The predicted octanol–water partition coefficient (Wildman–Crippen LogP) is 2.68. The van der Waals surface area contributed by atoms with Gasteiger partial charge in [-0.2, -0.15) is 15.3 Å². The summed E-state index contributed by atoms with van der Waals surface area (Å²) in [5, 5.41) is 32.4. The van der Waals surface area contributed by atoms with E-state index < -0.39 is 0 Å². The molecule has 6 N–H and O–H groups in total. The van der Waals surface area contributed by atoms with Crippen LogP contribution in [-0.2, 0) is 39.3 Å². The molecule has 4 rings (SSSR count). The first-order chi connectivity index (χ1) is 18.9. The zero-order valence-corrected chi connectivity index (χ0v) is 23.5. The molecule has 210 valence electrons. The number of H-pyrrole nitrogens is 3. The Hall–Kier alpha value is -3.87. The topological polar surface area (TPSA) is 150 Å². The summed E-state index contributed by atoms with van der Waals surface area (Å²) in [6.45, 7) is 9.29. The molecule has 0 spiro atoms. The van der Waals surface area contributed by atoms with E-state index in [-0.39, 0.29) is 0 Å². The van der Waals surface area contributed by atoms with Crippen molar-refractivity contribution in [2.75, 3.05) is 21.3 Å². The number of hydrogen-bond acceptors (Lipinski definition) is 9. The van der Waals surface area contributed by atoms with Crippen LogP contribution in [-0.4, -0.2) is 51.9 Å². The maximum atomic E-state index is 5.99. The number of aryl methyl sites for hydroxylation is 3. The third-order valence-corrected chi connectivity index (χ3v) is 6.36. The molecule has 0 radical (unpaired) electrons. The number of nitrogens with zero attached hydrogens (tertiary/aromatic N) is 3. The van der Waals surface area contributed by atoms with E-state index in [1.54, 1.807) is 21.3 Å². The normalized spacial score (nSPS) is 11.2. The van der Waals surface area contributed by atoms with Gasteiger partial charge < -0.3 is 30.2 Å². The van der Waals surface area contributed by atoms with Crippen LogP contribution in [0.2, 0.25) is 0 Å². The van der Waals surface area contributed by atoms with Gasteiger partial charge in [0.15, 0.2) is 0 Å². The van der Waals surface area contributed by atoms with Crippen molar-refractivity contribution < 1.29 is 14.2 Å². The second-order valence-corrected chi connectivity index (χ2v) is 9.47. The number of nitrogens with one attached hydrogen (secondary N) is 6. The highest BCUT2D eigenvalue weighted by atomic mass is 16.5. The summed E-state index contributed by atoms with van der Waals surface area (Å²) in [4.78, 5) is 0. The smallest absolute Gasteiger partial charge is 0.135 e. The average Bonchev–Trinajstić information content (AvgIpc) is 3.65. The standard InChI is InChI=1S/C27H39N9O3/c1-16-7-19(34-31-16)10-28-13-22-25(37-4)23(14-29-11-20-8-17(2)32-35-20)27(39-6)24(26(22)38-5)15-30-12-21-9-18(3)33-36-21/h7-9,28-30H,10-15H2,1-6H3,(H,31,34)(H,32,35)(H,33,36). The molecule has 0 unspecified atom stereocenters. The average molecular weight is 538 g/mol. The number of benzene rings is 1. The lowest BCUT2D eigenvalue weighted by molar-refractivity contribution is 0.350. The summed E-state index contributed by atoms with van der Waals surface area (Å²) >= 11 is 0. The van der Waals surface area contributed by atoms with Crippen molar-refractivity contribution >= 4 is 0 Å². The van der Waals surface area contributed by atoms with Gasteiger partial charge >= 0.3 is 0 Å². The van der Waals surface area contributed by atoms with Crippen molar-refractivity contribution in [3.05, 3.63) is 69.1 Å². The Bertz CT molecular complexity index is 1180. The Morgan fingerprint density at radius 2 is 0.795 bits per heavy atom. The number of aromatic nitrogens is 6. The van der Waals surface area contributed by atoms with E-state index >= 15 is 0 Å². The maximum Gasteiger partial charge on any atom is 0.135 e. The van der Waals surface area contributed by atoms with Crippen LogP contribution in [0.15, 0.2) is 18.2 Å². The van der Waals surface area contributed by atoms with Gasteiger partial charge in [-0.1, -0.05) is 0 Å². The van der Waals surface area contributed by atoms with E-state index in [0.717, 1.165) is 50.9 Å². The Morgan fingerprint density at radius 1 is 0.513 bits per heavy atom. The SMILES string of the molecule is COc1c(CNCc2cc(C)[nH]n2)c(OC)c(CNCc2cc(C)[nH]n2)c(OC)c1CNCc1cc(C)[nH]n1. The first kappa shape index (κ1) is 28.1. The van der Waals surface area contributed by atoms with Gasteiger partial charge in [0.05, 0.1) is 55.1 Å². The van der Waals surface area contributed by atoms with Crippen LogP contribution in [0.4, 0.5) is 0 Å². The highest BCUT2D eigenvalue weighted by molar-refractivity contribution is 5.63. The second kappa shape index (κ2) is 13.3. The maximum absolute atomic E-state index is 5.99. The number of ether oxygens (including phenoxy) is 3. The van der Waals surface area contributed by atoms with Crippen molar-refractivity contribution in [3.8, 4) is 17.2 Å². The van der Waals surface area contributed by atoms with Crippen molar-refractivity contribution in [3.63, 3.8) is 0 Å². The van der Waals surface area contributed by atoms with Crippen LogP contribution < -0.4 is 30.2 Å². The van der Waals surface area contributed by atoms with Crippen LogP contribution in [0.25, 0.3) is 0 Å². The van der Waals surface area contributed by atoms with Crippen molar-refractivity contribution in [2.45, 2.75) is 60.0 Å². The number of aromatic amines is 3. The molecule has 0 aliphatic carbocycles. The van der Waals surface area contributed by atoms with Gasteiger partial charge in [0.1, 0.15) is 17.2 Å². The summed E-state index contributed by atoms with van der Waals surface area (Å²) in [6, 6.07) is 6.06. The molecule has 0 bridgehead atoms. The molecule has 0 fully saturated rings. The largest absolute Gasteiger partial charge is 0.496 e. The molecule has 3 aromatic heterocycles. The molecular weight excluding hydrogens is 498 g/mol. The van der Waals surface area contributed by atoms with E-state index in [0.29, 0.717) is 56.5 Å². The van der Waals surface area contributed by atoms with Crippen molar-refractivity contribution in [1.29, 1.82) is 0 Å². The minimum atomic E-state index is 0.513. The fraction of sp³-hybridized carbons (Fsp3) is 0.444. The molecule has 12 heteroatoms. The predicted molar refractivity (Wildman–Crippen MR) is 148 cm³/mol. The van der Waals surface area contributed by atoms with Crippen LogP contribution in [0.3, 0.4) is 0 Å². The second-order valence-electron chi connectivity index (χ2n) is 9.47. The summed E-state index contributed by atoms with van der Waals surface area (Å²) in [7, 11) is 5.02. The summed E-state index contributed by atoms with van der Waals surface area (Å²) < 4.78 is 18.0. The third-order valence-electron chi connectivity index (χ3n) is 6.36. The molecule has 4 aromatic rings. The zero-order chi connectivity index (χ0) is 27.8. The van der Waals surface area contributed by atoms with E-state index in [1.807, 2.05) is 39.0 Å². The van der Waals surface area contributed by atoms with E-state index in [9.17, 15) is 0 Å². The van der Waals surface area contributed by atoms with Gasteiger partial charge in [-0.15, -0.1) is 0 Å². The van der Waals surface area contributed by atoms with Gasteiger partial charge in [-0.05, 0) is 39.0 Å². The summed E-state index contributed by atoms with van der Waals surface area (Å²) in [5.74, 6) is 2.14. The summed E-state index contributed by atoms with van der Waals surface area (Å²) in [5.41, 5.74) is 8.60. The van der Waals surface area contributed by atoms with E-state index in [1.165, 1.54) is 0 Å². The lowest BCUT2D eigenvalue weighted by Gasteiger charge is -2.24. The van der Waals surface area contributed by atoms with Gasteiger partial charge in [-0.3, -0.25) is 15.3 Å². The molecule has 0 saturated carbocycles. The van der Waals surface area contributed by atoms with Gasteiger partial charge in [0, 0.05) is 56.4 Å². The molecule has 12 nitrogen and oxygen atoms in total. The van der Waals surface area contributed by atoms with Crippen LogP contribution in [0.1, 0.15) is 50.9 Å². The zero-order valence-electron chi connectivity index (χ0n) is 23.5. The molecule has 3 heterocycles. The molecule has 0 saturated heterocycles. The fourth-order valence-electron chi connectivity index (χ4n) is 4.72. The van der Waals surface area contributed by atoms with Gasteiger partial charge in [-0.25, -0.2) is 0 Å². The Labute approximate surface area is 228 Å². The number of rotatable bonds is 15.